The van der Waals surface area contributed by atoms with E-state index in [1.807, 2.05) is 0 Å². The number of fused-ring (bicyclic) bond motifs is 1. The van der Waals surface area contributed by atoms with Crippen molar-refractivity contribution in [3.63, 3.8) is 0 Å². The number of benzene rings is 1. The first-order chi connectivity index (χ1) is 6.22. The van der Waals surface area contributed by atoms with Crippen LogP contribution in [-0.4, -0.2) is 10.2 Å². The first kappa shape index (κ1) is 7.94. The van der Waals surface area contributed by atoms with Gasteiger partial charge in [0.1, 0.15) is 11.3 Å². The minimum absolute atomic E-state index is 0.0532. The highest BCUT2D eigenvalue weighted by atomic mass is 16.4. The number of nitrogens with two attached hydrogens (primary N) is 1. The summed E-state index contributed by atoms with van der Waals surface area (Å²) in [5.74, 6) is 0.489. The van der Waals surface area contributed by atoms with Gasteiger partial charge in [0.15, 0.2) is 11.5 Å². The third-order valence-corrected chi connectivity index (χ3v) is 1.90. The highest BCUT2D eigenvalue weighted by molar-refractivity contribution is 5.86. The molecular formula is C9H9NO3. The van der Waals surface area contributed by atoms with E-state index in [1.54, 1.807) is 6.07 Å². The molecule has 0 aliphatic heterocycles. The van der Waals surface area contributed by atoms with E-state index < -0.39 is 0 Å². The molecule has 1 aromatic carbocycles. The van der Waals surface area contributed by atoms with Crippen molar-refractivity contribution in [3.8, 4) is 11.5 Å². The van der Waals surface area contributed by atoms with Crippen LogP contribution in [-0.2, 0) is 6.54 Å². The van der Waals surface area contributed by atoms with Crippen LogP contribution < -0.4 is 5.73 Å². The Morgan fingerprint density at radius 2 is 2.08 bits per heavy atom. The first-order valence-electron chi connectivity index (χ1n) is 3.86. The van der Waals surface area contributed by atoms with Gasteiger partial charge in [0.2, 0.25) is 0 Å². The Morgan fingerprint density at radius 1 is 1.31 bits per heavy atom. The fraction of sp³-hybridized carbons (Fsp3) is 0.111. The molecule has 68 valence electrons. The lowest BCUT2D eigenvalue weighted by Crippen LogP contribution is -1.93. The summed E-state index contributed by atoms with van der Waals surface area (Å²) in [4.78, 5) is 0. The average molecular weight is 179 g/mol. The molecule has 4 heteroatoms. The van der Waals surface area contributed by atoms with Gasteiger partial charge in [0, 0.05) is 6.07 Å². The lowest BCUT2D eigenvalue weighted by molar-refractivity contribution is 0.441. The maximum atomic E-state index is 9.52. The van der Waals surface area contributed by atoms with Gasteiger partial charge in [-0.3, -0.25) is 0 Å². The number of phenols is 1. The van der Waals surface area contributed by atoms with Gasteiger partial charge in [-0.25, -0.2) is 0 Å². The predicted molar refractivity (Wildman–Crippen MR) is 47.4 cm³/mol. The topological polar surface area (TPSA) is 79.6 Å². The molecule has 0 bridgehead atoms. The van der Waals surface area contributed by atoms with Crippen LogP contribution in [0.5, 0.6) is 11.5 Å². The molecule has 0 saturated heterocycles. The molecule has 0 aliphatic rings. The quantitative estimate of drug-likeness (QED) is 0.616. The molecule has 0 radical (unpaired) electrons. The van der Waals surface area contributed by atoms with Gasteiger partial charge in [0.25, 0.3) is 0 Å². The van der Waals surface area contributed by atoms with Gasteiger partial charge in [0.05, 0.1) is 11.9 Å². The van der Waals surface area contributed by atoms with Crippen molar-refractivity contribution in [3.05, 3.63) is 24.0 Å². The fourth-order valence-electron chi connectivity index (χ4n) is 1.26. The predicted octanol–water partition coefficient (Wildman–Crippen LogP) is 1.30. The number of rotatable bonds is 1. The molecule has 0 amide bonds. The molecule has 0 fully saturated rings. The van der Waals surface area contributed by atoms with Crippen LogP contribution in [0.1, 0.15) is 5.76 Å². The Morgan fingerprint density at radius 3 is 2.77 bits per heavy atom. The molecule has 0 spiro atoms. The number of aromatic hydroxyl groups is 2. The molecule has 0 atom stereocenters. The van der Waals surface area contributed by atoms with Crippen LogP contribution in [0.15, 0.2) is 22.6 Å². The molecular weight excluding hydrogens is 170 g/mol. The second-order valence-electron chi connectivity index (χ2n) is 2.76. The summed E-state index contributed by atoms with van der Waals surface area (Å²) >= 11 is 0. The van der Waals surface area contributed by atoms with Crippen molar-refractivity contribution >= 4 is 11.0 Å². The highest BCUT2D eigenvalue weighted by Gasteiger charge is 2.11. The lowest BCUT2D eigenvalue weighted by atomic mass is 10.2. The summed E-state index contributed by atoms with van der Waals surface area (Å²) in [6.45, 7) is 0.140. The summed E-state index contributed by atoms with van der Waals surface area (Å²) in [6.07, 6.45) is 0. The SMILES string of the molecule is NCc1oc2cc(O)ccc2c1O. The number of furan rings is 1. The Bertz CT molecular complexity index is 447. The normalized spacial score (nSPS) is 10.8. The van der Waals surface area contributed by atoms with Gasteiger partial charge in [-0.1, -0.05) is 0 Å². The van der Waals surface area contributed by atoms with E-state index in [2.05, 4.69) is 0 Å². The van der Waals surface area contributed by atoms with Crippen LogP contribution in [0, 0.1) is 0 Å². The number of hydrogen-bond acceptors (Lipinski definition) is 4. The maximum Gasteiger partial charge on any atom is 0.166 e. The lowest BCUT2D eigenvalue weighted by Gasteiger charge is -1.89. The fourth-order valence-corrected chi connectivity index (χ4v) is 1.26. The Kier molecular flexibility index (Phi) is 1.63. The second kappa shape index (κ2) is 2.67. The molecule has 2 aromatic rings. The third-order valence-electron chi connectivity index (χ3n) is 1.90. The van der Waals surface area contributed by atoms with Gasteiger partial charge in [-0.05, 0) is 12.1 Å². The minimum atomic E-state index is 0.0532. The van der Waals surface area contributed by atoms with E-state index >= 15 is 0 Å². The van der Waals surface area contributed by atoms with Crippen molar-refractivity contribution in [1.29, 1.82) is 0 Å². The molecule has 1 heterocycles. The van der Waals surface area contributed by atoms with Gasteiger partial charge in [-0.15, -0.1) is 0 Å². The van der Waals surface area contributed by atoms with Crippen molar-refractivity contribution in [2.75, 3.05) is 0 Å². The van der Waals surface area contributed by atoms with Crippen LogP contribution >= 0.6 is 0 Å². The average Bonchev–Trinajstić information content (AvgIpc) is 2.42. The molecule has 0 saturated carbocycles. The Hall–Kier alpha value is -1.68. The first-order valence-corrected chi connectivity index (χ1v) is 3.86. The molecule has 1 aromatic heterocycles. The molecule has 0 unspecified atom stereocenters. The van der Waals surface area contributed by atoms with E-state index in [0.717, 1.165) is 0 Å². The Labute approximate surface area is 74.2 Å². The second-order valence-corrected chi connectivity index (χ2v) is 2.76. The van der Waals surface area contributed by atoms with Gasteiger partial charge >= 0.3 is 0 Å². The molecule has 4 nitrogen and oxygen atoms in total. The highest BCUT2D eigenvalue weighted by Crippen LogP contribution is 2.33. The summed E-state index contributed by atoms with van der Waals surface area (Å²) in [5.41, 5.74) is 5.78. The van der Waals surface area contributed by atoms with Crippen LogP contribution in [0.25, 0.3) is 11.0 Å². The van der Waals surface area contributed by atoms with Crippen molar-refractivity contribution in [2.24, 2.45) is 5.73 Å². The molecule has 2 rings (SSSR count). The van der Waals surface area contributed by atoms with E-state index in [-0.39, 0.29) is 18.0 Å². The summed E-state index contributed by atoms with van der Waals surface area (Å²) < 4.78 is 5.19. The number of hydrogen-bond donors (Lipinski definition) is 3. The van der Waals surface area contributed by atoms with Crippen molar-refractivity contribution < 1.29 is 14.6 Å². The minimum Gasteiger partial charge on any atom is -0.508 e. The smallest absolute Gasteiger partial charge is 0.166 e. The zero-order valence-electron chi connectivity index (χ0n) is 6.82. The van der Waals surface area contributed by atoms with Gasteiger partial charge in [-0.2, -0.15) is 0 Å². The van der Waals surface area contributed by atoms with E-state index in [0.29, 0.717) is 16.7 Å². The van der Waals surface area contributed by atoms with E-state index in [1.165, 1.54) is 12.1 Å². The monoisotopic (exact) mass is 179 g/mol. The van der Waals surface area contributed by atoms with E-state index in [9.17, 15) is 5.11 Å². The Balaban J connectivity index is 2.76. The van der Waals surface area contributed by atoms with E-state index in [4.69, 9.17) is 15.3 Å². The zero-order valence-corrected chi connectivity index (χ0v) is 6.82. The largest absolute Gasteiger partial charge is 0.508 e. The van der Waals surface area contributed by atoms with Crippen LogP contribution in [0.4, 0.5) is 0 Å². The standard InChI is InChI=1S/C9H9NO3/c10-4-8-9(12)6-2-1-5(11)3-7(6)13-8/h1-3,11-12H,4,10H2. The summed E-state index contributed by atoms with van der Waals surface area (Å²) in [6, 6.07) is 4.51. The molecule has 13 heavy (non-hydrogen) atoms. The van der Waals surface area contributed by atoms with Gasteiger partial charge < -0.3 is 20.4 Å². The third kappa shape index (κ3) is 1.11. The van der Waals surface area contributed by atoms with Crippen LogP contribution in [0.3, 0.4) is 0 Å². The molecule has 0 aliphatic carbocycles. The molecule has 4 N–H and O–H groups in total. The van der Waals surface area contributed by atoms with Crippen molar-refractivity contribution in [1.82, 2.24) is 0 Å². The maximum absolute atomic E-state index is 9.52. The summed E-state index contributed by atoms with van der Waals surface area (Å²) in [5, 5.41) is 19.2. The summed E-state index contributed by atoms with van der Waals surface area (Å²) in [7, 11) is 0. The van der Waals surface area contributed by atoms with Crippen molar-refractivity contribution in [2.45, 2.75) is 6.54 Å². The van der Waals surface area contributed by atoms with Crippen LogP contribution in [0.2, 0.25) is 0 Å². The zero-order chi connectivity index (χ0) is 9.42. The number of phenolic OH excluding ortho intramolecular Hbond substituents is 1.